The Morgan fingerprint density at radius 2 is 2.09 bits per heavy atom. The lowest BCUT2D eigenvalue weighted by Gasteiger charge is -2.25. The fraction of sp³-hybridized carbons (Fsp3) is 0.588. The van der Waals surface area contributed by atoms with Crippen LogP contribution in [0.1, 0.15) is 37.7 Å². The molecule has 2 amide bonds. The van der Waals surface area contributed by atoms with Crippen LogP contribution in [0.15, 0.2) is 24.3 Å². The zero-order valence-electron chi connectivity index (χ0n) is 13.6. The lowest BCUT2D eigenvalue weighted by Crippen LogP contribution is -2.49. The van der Waals surface area contributed by atoms with Crippen LogP contribution in [0.3, 0.4) is 0 Å². The fourth-order valence-corrected chi connectivity index (χ4v) is 3.82. The van der Waals surface area contributed by atoms with E-state index < -0.39 is 5.60 Å². The minimum absolute atomic E-state index is 0.0472. The summed E-state index contributed by atoms with van der Waals surface area (Å²) in [6, 6.07) is 6.30. The molecule has 0 saturated heterocycles. The first kappa shape index (κ1) is 18.1. The van der Waals surface area contributed by atoms with Crippen LogP contribution >= 0.6 is 11.8 Å². The summed E-state index contributed by atoms with van der Waals surface area (Å²) in [7, 11) is 0. The van der Waals surface area contributed by atoms with Crippen LogP contribution in [0.5, 0.6) is 0 Å². The zero-order chi connectivity index (χ0) is 16.9. The summed E-state index contributed by atoms with van der Waals surface area (Å²) in [5.41, 5.74) is 0.145. The minimum atomic E-state index is -0.914. The van der Waals surface area contributed by atoms with E-state index in [1.807, 2.05) is 6.26 Å². The number of rotatable bonds is 6. The summed E-state index contributed by atoms with van der Waals surface area (Å²) >= 11 is 1.54. The molecule has 3 N–H and O–H groups in total. The molecule has 1 saturated carbocycles. The van der Waals surface area contributed by atoms with Gasteiger partial charge < -0.3 is 15.7 Å². The first-order chi connectivity index (χ1) is 10.9. The number of carbonyl (C=O) groups excluding carboxylic acids is 1. The van der Waals surface area contributed by atoms with Crippen LogP contribution in [-0.2, 0) is 0 Å². The molecular formula is C17H25FN2O2S. The van der Waals surface area contributed by atoms with Gasteiger partial charge >= 0.3 is 6.03 Å². The second-order valence-corrected chi connectivity index (χ2v) is 7.32. The van der Waals surface area contributed by atoms with Crippen molar-refractivity contribution in [2.45, 2.75) is 43.7 Å². The van der Waals surface area contributed by atoms with Crippen molar-refractivity contribution in [3.63, 3.8) is 0 Å². The van der Waals surface area contributed by atoms with Gasteiger partial charge in [0.1, 0.15) is 5.82 Å². The number of hydrogen-bond acceptors (Lipinski definition) is 3. The second-order valence-electron chi connectivity index (χ2n) is 6.45. The zero-order valence-corrected chi connectivity index (χ0v) is 14.5. The van der Waals surface area contributed by atoms with E-state index in [2.05, 4.69) is 10.6 Å². The Bertz CT molecular complexity index is 522. The first-order valence-electron chi connectivity index (χ1n) is 7.92. The van der Waals surface area contributed by atoms with Crippen molar-refractivity contribution in [2.24, 2.45) is 0 Å². The predicted molar refractivity (Wildman–Crippen MR) is 92.3 cm³/mol. The summed E-state index contributed by atoms with van der Waals surface area (Å²) in [5, 5.41) is 15.8. The SMILES string of the molecule is CSCC(C)(O)CNC(=O)NC1CCCC1c1ccc(F)cc1. The molecule has 4 nitrogen and oxygen atoms in total. The van der Waals surface area contributed by atoms with Gasteiger partial charge in [0.05, 0.1) is 5.60 Å². The monoisotopic (exact) mass is 340 g/mol. The molecule has 1 aliphatic carbocycles. The highest BCUT2D eigenvalue weighted by atomic mass is 32.2. The number of halogens is 1. The van der Waals surface area contributed by atoms with Crippen molar-refractivity contribution in [2.75, 3.05) is 18.6 Å². The number of hydrogen-bond donors (Lipinski definition) is 3. The van der Waals surface area contributed by atoms with Crippen LogP contribution < -0.4 is 10.6 Å². The molecule has 0 heterocycles. The molecule has 23 heavy (non-hydrogen) atoms. The number of urea groups is 1. The third kappa shape index (κ3) is 5.39. The predicted octanol–water partition coefficient (Wildman–Crippen LogP) is 2.88. The van der Waals surface area contributed by atoms with E-state index in [-0.39, 0.29) is 30.4 Å². The van der Waals surface area contributed by atoms with Gasteiger partial charge in [-0.05, 0) is 43.7 Å². The molecule has 3 atom stereocenters. The van der Waals surface area contributed by atoms with Gasteiger partial charge in [-0.1, -0.05) is 18.6 Å². The van der Waals surface area contributed by atoms with E-state index in [1.165, 1.54) is 23.9 Å². The number of nitrogens with one attached hydrogen (secondary N) is 2. The molecule has 1 aliphatic rings. The largest absolute Gasteiger partial charge is 0.387 e. The van der Waals surface area contributed by atoms with Crippen molar-refractivity contribution in [1.82, 2.24) is 10.6 Å². The van der Waals surface area contributed by atoms with Crippen molar-refractivity contribution in [1.29, 1.82) is 0 Å². The lowest BCUT2D eigenvalue weighted by molar-refractivity contribution is 0.0867. The van der Waals surface area contributed by atoms with E-state index in [9.17, 15) is 14.3 Å². The lowest BCUT2D eigenvalue weighted by atomic mass is 9.94. The highest BCUT2D eigenvalue weighted by Crippen LogP contribution is 2.34. The Hall–Kier alpha value is -1.27. The fourth-order valence-electron chi connectivity index (χ4n) is 3.09. The van der Waals surface area contributed by atoms with Gasteiger partial charge in [-0.25, -0.2) is 9.18 Å². The highest BCUT2D eigenvalue weighted by molar-refractivity contribution is 7.98. The van der Waals surface area contributed by atoms with Gasteiger partial charge in [0, 0.05) is 24.3 Å². The Morgan fingerprint density at radius 3 is 2.74 bits per heavy atom. The Morgan fingerprint density at radius 1 is 1.39 bits per heavy atom. The molecule has 6 heteroatoms. The molecule has 0 radical (unpaired) electrons. The van der Waals surface area contributed by atoms with Gasteiger partial charge in [0.2, 0.25) is 0 Å². The summed E-state index contributed by atoms with van der Waals surface area (Å²) in [6.07, 6.45) is 4.86. The van der Waals surface area contributed by atoms with Crippen molar-refractivity contribution >= 4 is 17.8 Å². The van der Waals surface area contributed by atoms with Crippen molar-refractivity contribution < 1.29 is 14.3 Å². The van der Waals surface area contributed by atoms with E-state index in [0.717, 1.165) is 24.8 Å². The van der Waals surface area contributed by atoms with E-state index in [0.29, 0.717) is 5.75 Å². The van der Waals surface area contributed by atoms with Crippen LogP contribution in [0, 0.1) is 5.82 Å². The summed E-state index contributed by atoms with van der Waals surface area (Å²) in [6.45, 7) is 1.92. The summed E-state index contributed by atoms with van der Waals surface area (Å²) < 4.78 is 13.1. The maximum absolute atomic E-state index is 13.1. The number of amides is 2. The Balaban J connectivity index is 1.88. The molecule has 1 fully saturated rings. The minimum Gasteiger partial charge on any atom is -0.387 e. The van der Waals surface area contributed by atoms with Crippen molar-refractivity contribution in [3.05, 3.63) is 35.6 Å². The Labute approximate surface area is 141 Å². The normalized spacial score (nSPS) is 23.3. The van der Waals surface area contributed by atoms with Gasteiger partial charge in [-0.15, -0.1) is 0 Å². The highest BCUT2D eigenvalue weighted by Gasteiger charge is 2.30. The van der Waals surface area contributed by atoms with E-state index >= 15 is 0 Å². The summed E-state index contributed by atoms with van der Waals surface area (Å²) in [5.74, 6) is 0.535. The average Bonchev–Trinajstić information content (AvgIpc) is 2.94. The van der Waals surface area contributed by atoms with Crippen LogP contribution in [0.25, 0.3) is 0 Å². The maximum Gasteiger partial charge on any atom is 0.315 e. The molecule has 0 aliphatic heterocycles. The molecule has 0 bridgehead atoms. The van der Waals surface area contributed by atoms with Gasteiger partial charge in [-0.2, -0.15) is 11.8 Å². The number of thioether (sulfide) groups is 1. The number of carbonyl (C=O) groups is 1. The van der Waals surface area contributed by atoms with Gasteiger partial charge in [0.15, 0.2) is 0 Å². The van der Waals surface area contributed by atoms with Crippen LogP contribution in [0.2, 0.25) is 0 Å². The molecule has 0 spiro atoms. The second kappa shape index (κ2) is 8.02. The molecule has 1 aromatic carbocycles. The maximum atomic E-state index is 13.1. The van der Waals surface area contributed by atoms with Crippen LogP contribution in [-0.4, -0.2) is 41.3 Å². The Kier molecular flexibility index (Phi) is 6.30. The molecular weight excluding hydrogens is 315 g/mol. The number of aliphatic hydroxyl groups is 1. The first-order valence-corrected chi connectivity index (χ1v) is 9.32. The third-order valence-electron chi connectivity index (χ3n) is 4.22. The van der Waals surface area contributed by atoms with E-state index in [1.54, 1.807) is 19.1 Å². The topological polar surface area (TPSA) is 61.4 Å². The molecule has 1 aromatic rings. The van der Waals surface area contributed by atoms with Crippen LogP contribution in [0.4, 0.5) is 9.18 Å². The standard InChI is InChI=1S/C17H25FN2O2S/c1-17(22,11-23-2)10-19-16(21)20-15-5-3-4-14(15)12-6-8-13(18)9-7-12/h6-9,14-15,22H,3-5,10-11H2,1-2H3,(H2,19,20,21). The molecule has 2 rings (SSSR count). The quantitative estimate of drug-likeness (QED) is 0.746. The average molecular weight is 340 g/mol. The molecule has 128 valence electrons. The van der Waals surface area contributed by atoms with E-state index in [4.69, 9.17) is 0 Å². The van der Waals surface area contributed by atoms with Gasteiger partial charge in [0.25, 0.3) is 0 Å². The van der Waals surface area contributed by atoms with Gasteiger partial charge in [-0.3, -0.25) is 0 Å². The van der Waals surface area contributed by atoms with Crippen molar-refractivity contribution in [3.8, 4) is 0 Å². The number of benzene rings is 1. The molecule has 0 aromatic heterocycles. The molecule has 3 unspecified atom stereocenters. The smallest absolute Gasteiger partial charge is 0.315 e. The third-order valence-corrected chi connectivity index (χ3v) is 5.13. The summed E-state index contributed by atoms with van der Waals surface area (Å²) in [4.78, 5) is 12.1.